The van der Waals surface area contributed by atoms with E-state index in [0.29, 0.717) is 6.54 Å². The highest BCUT2D eigenvalue weighted by molar-refractivity contribution is 8.00. The molecule has 23 heavy (non-hydrogen) atoms. The monoisotopic (exact) mass is 343 g/mol. The quantitative estimate of drug-likeness (QED) is 0.794. The van der Waals surface area contributed by atoms with E-state index in [1.807, 2.05) is 12.1 Å². The molecule has 1 aliphatic rings. The van der Waals surface area contributed by atoms with Crippen molar-refractivity contribution < 1.29 is 5.11 Å². The van der Waals surface area contributed by atoms with E-state index >= 15 is 0 Å². The van der Waals surface area contributed by atoms with Crippen molar-refractivity contribution in [3.05, 3.63) is 53.3 Å². The topological polar surface area (TPSA) is 40.8 Å². The molecule has 2 aromatic carbocycles. The van der Waals surface area contributed by atoms with E-state index in [4.69, 9.17) is 4.99 Å². The lowest BCUT2D eigenvalue weighted by molar-refractivity contribution is 0.276. The minimum absolute atomic E-state index is 0.0328. The van der Waals surface area contributed by atoms with E-state index in [9.17, 15) is 5.11 Å². The van der Waals surface area contributed by atoms with Crippen molar-refractivity contribution >= 4 is 39.0 Å². The average molecular weight is 343 g/mol. The van der Waals surface area contributed by atoms with Gasteiger partial charge in [-0.3, -0.25) is 0 Å². The molecule has 1 atom stereocenters. The Morgan fingerprint density at radius 2 is 1.91 bits per heavy atom. The number of hydrogen-bond donors (Lipinski definition) is 1. The highest BCUT2D eigenvalue weighted by Gasteiger charge is 2.26. The number of benzene rings is 2. The number of hydrogen-bond acceptors (Lipinski definition) is 5. The first kappa shape index (κ1) is 14.8. The van der Waals surface area contributed by atoms with E-state index in [-0.39, 0.29) is 12.1 Å². The van der Waals surface area contributed by atoms with Crippen LogP contribution in [0.25, 0.3) is 10.2 Å². The normalized spacial score (nSPS) is 17.9. The van der Waals surface area contributed by atoms with Crippen LogP contribution in [-0.2, 0) is 6.54 Å². The highest BCUT2D eigenvalue weighted by Crippen LogP contribution is 2.42. The summed E-state index contributed by atoms with van der Waals surface area (Å²) in [5, 5.41) is 9.40. The van der Waals surface area contributed by atoms with Crippen LogP contribution in [0.15, 0.2) is 58.4 Å². The van der Waals surface area contributed by atoms with Crippen molar-refractivity contribution in [3.63, 3.8) is 0 Å². The highest BCUT2D eigenvalue weighted by atomic mass is 32.2. The summed E-state index contributed by atoms with van der Waals surface area (Å²) in [6, 6.07) is 16.6. The van der Waals surface area contributed by atoms with Crippen LogP contribution in [0, 0.1) is 0 Å². The molecule has 4 rings (SSSR count). The molecule has 1 unspecified atom stereocenters. The Morgan fingerprint density at radius 1 is 1.13 bits per heavy atom. The molecule has 0 saturated heterocycles. The van der Waals surface area contributed by atoms with Crippen LogP contribution in [0.2, 0.25) is 0 Å². The first-order valence-electron chi connectivity index (χ1n) is 7.49. The number of nitrogens with zero attached hydrogens (tertiary/aromatic N) is 3. The number of thiazole rings is 1. The number of aliphatic hydroxyl groups is 1. The molecular weight excluding hydrogens is 326 g/mol. The summed E-state index contributed by atoms with van der Waals surface area (Å²) in [4.78, 5) is 9.39. The summed E-state index contributed by atoms with van der Waals surface area (Å²) in [6.07, 6.45) is 0. The van der Waals surface area contributed by atoms with Gasteiger partial charge in [0.2, 0.25) is 0 Å². The Labute approximate surface area is 142 Å². The van der Waals surface area contributed by atoms with Crippen LogP contribution in [0.4, 0.5) is 5.69 Å². The number of aliphatic hydroxyl groups excluding tert-OH is 1. The van der Waals surface area contributed by atoms with Crippen molar-refractivity contribution in [1.82, 2.24) is 4.57 Å². The molecule has 0 aliphatic carbocycles. The lowest BCUT2D eigenvalue weighted by atomic mass is 10.3. The summed E-state index contributed by atoms with van der Waals surface area (Å²) in [5.41, 5.74) is 2.39. The predicted octanol–water partition coefficient (Wildman–Crippen LogP) is 3.12. The van der Waals surface area contributed by atoms with Gasteiger partial charge < -0.3 is 14.6 Å². The largest absolute Gasteiger partial charge is 0.395 e. The van der Waals surface area contributed by atoms with Crippen LogP contribution in [-0.4, -0.2) is 28.8 Å². The molecule has 6 heteroatoms. The lowest BCUT2D eigenvalue weighted by Gasteiger charge is -2.17. The molecule has 0 bridgehead atoms. The smallest absolute Gasteiger partial charge is 0.188 e. The fraction of sp³-hybridized carbons (Fsp3) is 0.235. The summed E-state index contributed by atoms with van der Waals surface area (Å²) in [6.45, 7) is 0.679. The maximum absolute atomic E-state index is 9.40. The van der Waals surface area contributed by atoms with Crippen LogP contribution in [0.3, 0.4) is 0 Å². The van der Waals surface area contributed by atoms with Gasteiger partial charge in [-0.25, -0.2) is 4.99 Å². The van der Waals surface area contributed by atoms with E-state index < -0.39 is 0 Å². The Hall–Kier alpha value is -1.76. The molecule has 0 spiro atoms. The van der Waals surface area contributed by atoms with Crippen LogP contribution < -0.4 is 9.70 Å². The van der Waals surface area contributed by atoms with Gasteiger partial charge in [0.15, 0.2) is 10.3 Å². The third kappa shape index (κ3) is 2.56. The third-order valence-corrected chi connectivity index (χ3v) is 6.25. The Morgan fingerprint density at radius 3 is 2.74 bits per heavy atom. The first-order valence-corrected chi connectivity index (χ1v) is 9.19. The lowest BCUT2D eigenvalue weighted by Crippen LogP contribution is -2.27. The number of aromatic nitrogens is 1. The minimum Gasteiger partial charge on any atom is -0.395 e. The molecule has 0 amide bonds. The van der Waals surface area contributed by atoms with Gasteiger partial charge in [-0.2, -0.15) is 0 Å². The van der Waals surface area contributed by atoms with Crippen LogP contribution >= 0.6 is 23.1 Å². The van der Waals surface area contributed by atoms with Gasteiger partial charge in [0.25, 0.3) is 0 Å². The van der Waals surface area contributed by atoms with E-state index in [2.05, 4.69) is 52.9 Å². The minimum atomic E-state index is 0.0328. The molecule has 0 radical (unpaired) electrons. The Bertz CT molecular complexity index is 915. The summed E-state index contributed by atoms with van der Waals surface area (Å²) >= 11 is 3.44. The average Bonchev–Trinajstić information content (AvgIpc) is 3.08. The molecule has 2 heterocycles. The zero-order valence-corrected chi connectivity index (χ0v) is 14.3. The van der Waals surface area contributed by atoms with Gasteiger partial charge in [0.1, 0.15) is 0 Å². The number of rotatable bonds is 3. The Balaban J connectivity index is 1.80. The maximum Gasteiger partial charge on any atom is 0.188 e. The van der Waals surface area contributed by atoms with E-state index in [1.165, 1.54) is 15.3 Å². The summed E-state index contributed by atoms with van der Waals surface area (Å²) in [5.74, 6) is 0. The van der Waals surface area contributed by atoms with Crippen molar-refractivity contribution in [2.75, 3.05) is 18.6 Å². The van der Waals surface area contributed by atoms with Gasteiger partial charge in [-0.1, -0.05) is 47.4 Å². The van der Waals surface area contributed by atoms with Crippen LogP contribution in [0.1, 0.15) is 0 Å². The number of fused-ring (bicyclic) bond motifs is 2. The van der Waals surface area contributed by atoms with Gasteiger partial charge in [-0.05, 0) is 24.3 Å². The molecule has 118 valence electrons. The molecule has 1 aliphatic heterocycles. The summed E-state index contributed by atoms with van der Waals surface area (Å²) < 4.78 is 3.31. The Kier molecular flexibility index (Phi) is 3.88. The molecule has 1 aromatic heterocycles. The van der Waals surface area contributed by atoms with Crippen LogP contribution in [0.5, 0.6) is 0 Å². The SMILES string of the molecule is CN1c2ccccc2SC1/N=c1\sc2ccccc2n1CCO. The molecule has 4 nitrogen and oxygen atoms in total. The van der Waals surface area contributed by atoms with Crippen molar-refractivity contribution in [2.24, 2.45) is 4.99 Å². The predicted molar refractivity (Wildman–Crippen MR) is 97.0 cm³/mol. The zero-order valence-electron chi connectivity index (χ0n) is 12.7. The first-order chi connectivity index (χ1) is 11.3. The third-order valence-electron chi connectivity index (χ3n) is 3.94. The number of para-hydroxylation sites is 2. The van der Waals surface area contributed by atoms with Gasteiger partial charge >= 0.3 is 0 Å². The van der Waals surface area contributed by atoms with Crippen molar-refractivity contribution in [2.45, 2.75) is 16.9 Å². The number of thioether (sulfide) groups is 1. The second kappa shape index (κ2) is 6.03. The maximum atomic E-state index is 9.40. The second-order valence-electron chi connectivity index (χ2n) is 5.38. The van der Waals surface area contributed by atoms with E-state index in [0.717, 1.165) is 10.3 Å². The number of anilines is 1. The fourth-order valence-corrected chi connectivity index (χ4v) is 5.09. The zero-order chi connectivity index (χ0) is 15.8. The summed E-state index contributed by atoms with van der Waals surface area (Å²) in [7, 11) is 2.08. The molecule has 0 fully saturated rings. The van der Waals surface area contributed by atoms with Crippen molar-refractivity contribution in [1.29, 1.82) is 0 Å². The molecular formula is C17H17N3OS2. The fourth-order valence-electron chi connectivity index (χ4n) is 2.80. The van der Waals surface area contributed by atoms with Crippen molar-refractivity contribution in [3.8, 4) is 0 Å². The molecule has 3 aromatic rings. The van der Waals surface area contributed by atoms with Gasteiger partial charge in [0.05, 0.1) is 22.5 Å². The van der Waals surface area contributed by atoms with Gasteiger partial charge in [0, 0.05) is 18.5 Å². The second-order valence-corrected chi connectivity index (χ2v) is 7.49. The molecule has 0 saturated carbocycles. The van der Waals surface area contributed by atoms with Gasteiger partial charge in [-0.15, -0.1) is 0 Å². The van der Waals surface area contributed by atoms with E-state index in [1.54, 1.807) is 23.1 Å². The molecule has 1 N–H and O–H groups in total. The standard InChI is InChI=1S/C17H17N3OS2/c1-19-12-6-2-4-8-14(12)22-16(19)18-17-20(10-11-21)13-7-3-5-9-15(13)23-17/h2-9,16,21H,10-11H2,1H3/b18-17-.